The summed E-state index contributed by atoms with van der Waals surface area (Å²) in [4.78, 5) is 0. The first-order valence-corrected chi connectivity index (χ1v) is 6.87. The van der Waals surface area contributed by atoms with E-state index in [0.717, 1.165) is 18.4 Å². The topological polar surface area (TPSA) is 12.0 Å². The molecule has 1 aromatic carbocycles. The van der Waals surface area contributed by atoms with Gasteiger partial charge >= 0.3 is 6.18 Å². The van der Waals surface area contributed by atoms with Crippen molar-refractivity contribution >= 4 is 17.3 Å². The van der Waals surface area contributed by atoms with Crippen LogP contribution >= 0.6 is 11.6 Å². The van der Waals surface area contributed by atoms with Gasteiger partial charge in [-0.3, -0.25) is 0 Å². The Kier molecular flexibility index (Phi) is 4.29. The van der Waals surface area contributed by atoms with Gasteiger partial charge in [-0.2, -0.15) is 13.2 Å². The van der Waals surface area contributed by atoms with E-state index >= 15 is 0 Å². The number of alkyl halides is 3. The van der Waals surface area contributed by atoms with E-state index in [0.29, 0.717) is 5.69 Å². The van der Waals surface area contributed by atoms with E-state index in [1.54, 1.807) is 6.07 Å². The summed E-state index contributed by atoms with van der Waals surface area (Å²) in [6, 6.07) is 4.14. The number of rotatable bonds is 4. The first kappa shape index (κ1) is 14.5. The lowest BCUT2D eigenvalue weighted by atomic mass is 9.81. The molecular weight excluding hydrogens is 275 g/mol. The Labute approximate surface area is 116 Å². The Balaban J connectivity index is 2.03. The van der Waals surface area contributed by atoms with Crippen molar-refractivity contribution in [3.63, 3.8) is 0 Å². The van der Waals surface area contributed by atoms with Crippen molar-refractivity contribution in [1.82, 2.24) is 0 Å². The lowest BCUT2D eigenvalue weighted by Crippen LogP contribution is -2.23. The zero-order valence-electron chi connectivity index (χ0n) is 10.7. The quantitative estimate of drug-likeness (QED) is 0.788. The van der Waals surface area contributed by atoms with Crippen LogP contribution in [0.1, 0.15) is 38.2 Å². The summed E-state index contributed by atoms with van der Waals surface area (Å²) in [5, 5.41) is 2.86. The zero-order valence-corrected chi connectivity index (χ0v) is 11.5. The number of nitrogens with one attached hydrogen (secondary N) is 1. The third-order valence-electron chi connectivity index (χ3n) is 3.60. The molecule has 0 bridgehead atoms. The van der Waals surface area contributed by atoms with E-state index in [2.05, 4.69) is 5.32 Å². The van der Waals surface area contributed by atoms with Gasteiger partial charge in [-0.1, -0.05) is 30.9 Å². The van der Waals surface area contributed by atoms with E-state index in [9.17, 15) is 13.2 Å². The Morgan fingerprint density at radius 2 is 2.05 bits per heavy atom. The molecule has 0 saturated heterocycles. The van der Waals surface area contributed by atoms with E-state index in [4.69, 9.17) is 11.6 Å². The molecule has 2 rings (SSSR count). The monoisotopic (exact) mass is 291 g/mol. The van der Waals surface area contributed by atoms with Gasteiger partial charge in [0.1, 0.15) is 0 Å². The summed E-state index contributed by atoms with van der Waals surface area (Å²) in [5.74, 6) is 0.719. The van der Waals surface area contributed by atoms with Gasteiger partial charge in [0, 0.05) is 11.7 Å². The first-order chi connectivity index (χ1) is 8.86. The minimum atomic E-state index is -4.41. The largest absolute Gasteiger partial charge is 0.417 e. The SMILES string of the molecule is CC(CC1CCC1)Nc1ccc(Cl)c(C(F)(F)F)c1. The fourth-order valence-corrected chi connectivity index (χ4v) is 2.63. The van der Waals surface area contributed by atoms with Crippen LogP contribution in [0.3, 0.4) is 0 Å². The molecule has 19 heavy (non-hydrogen) atoms. The Morgan fingerprint density at radius 3 is 2.58 bits per heavy atom. The molecule has 1 aliphatic rings. The van der Waals surface area contributed by atoms with Gasteiger partial charge in [0.25, 0.3) is 0 Å². The highest BCUT2D eigenvalue weighted by Gasteiger charge is 2.33. The van der Waals surface area contributed by atoms with Crippen molar-refractivity contribution in [1.29, 1.82) is 0 Å². The van der Waals surface area contributed by atoms with Crippen LogP contribution in [0.5, 0.6) is 0 Å². The smallest absolute Gasteiger partial charge is 0.383 e. The Hall–Kier alpha value is -0.900. The van der Waals surface area contributed by atoms with E-state index < -0.39 is 11.7 Å². The molecule has 0 amide bonds. The highest BCUT2D eigenvalue weighted by Crippen LogP contribution is 2.36. The van der Waals surface area contributed by atoms with Crippen LogP contribution in [0.4, 0.5) is 18.9 Å². The first-order valence-electron chi connectivity index (χ1n) is 6.49. The molecule has 1 nitrogen and oxygen atoms in total. The number of halogens is 4. The normalized spacial score (nSPS) is 17.9. The highest BCUT2D eigenvalue weighted by molar-refractivity contribution is 6.31. The number of hydrogen-bond acceptors (Lipinski definition) is 1. The minimum Gasteiger partial charge on any atom is -0.383 e. The van der Waals surface area contributed by atoms with Crippen LogP contribution in [0.15, 0.2) is 18.2 Å². The van der Waals surface area contributed by atoms with Crippen molar-refractivity contribution in [2.75, 3.05) is 5.32 Å². The van der Waals surface area contributed by atoms with Crippen molar-refractivity contribution in [2.45, 2.75) is 44.8 Å². The lowest BCUT2D eigenvalue weighted by Gasteiger charge is -2.29. The molecule has 106 valence electrons. The number of anilines is 1. The molecule has 1 aromatic rings. The number of benzene rings is 1. The summed E-state index contributed by atoms with van der Waals surface area (Å²) in [6.45, 7) is 2.00. The van der Waals surface area contributed by atoms with E-state index in [1.165, 1.54) is 25.3 Å². The van der Waals surface area contributed by atoms with Gasteiger partial charge in [0.15, 0.2) is 0 Å². The Morgan fingerprint density at radius 1 is 1.37 bits per heavy atom. The summed E-state index contributed by atoms with van der Waals surface area (Å²) >= 11 is 5.59. The van der Waals surface area contributed by atoms with Crippen molar-refractivity contribution < 1.29 is 13.2 Å². The molecule has 1 saturated carbocycles. The van der Waals surface area contributed by atoms with Gasteiger partial charge in [-0.05, 0) is 37.5 Å². The van der Waals surface area contributed by atoms with Crippen LogP contribution in [0, 0.1) is 5.92 Å². The maximum Gasteiger partial charge on any atom is 0.417 e. The molecule has 0 spiro atoms. The van der Waals surface area contributed by atoms with Gasteiger partial charge in [-0.15, -0.1) is 0 Å². The lowest BCUT2D eigenvalue weighted by molar-refractivity contribution is -0.137. The molecule has 0 heterocycles. The number of hydrogen-bond donors (Lipinski definition) is 1. The summed E-state index contributed by atoms with van der Waals surface area (Å²) in [7, 11) is 0. The predicted octanol–water partition coefficient (Wildman–Crippen LogP) is 5.35. The maximum atomic E-state index is 12.7. The molecular formula is C14H17ClF3N. The van der Waals surface area contributed by atoms with E-state index in [-0.39, 0.29) is 11.1 Å². The summed E-state index contributed by atoms with van der Waals surface area (Å²) in [6.07, 6.45) is 0.341. The van der Waals surface area contributed by atoms with Crippen LogP contribution in [-0.2, 0) is 6.18 Å². The van der Waals surface area contributed by atoms with E-state index in [1.807, 2.05) is 6.92 Å². The second-order valence-electron chi connectivity index (χ2n) is 5.27. The fourth-order valence-electron chi connectivity index (χ4n) is 2.40. The molecule has 0 aromatic heterocycles. The third kappa shape index (κ3) is 3.78. The molecule has 1 unspecified atom stereocenters. The highest BCUT2D eigenvalue weighted by atomic mass is 35.5. The van der Waals surface area contributed by atoms with Gasteiger partial charge in [0.2, 0.25) is 0 Å². The standard InChI is InChI=1S/C14H17ClF3N/c1-9(7-10-3-2-4-10)19-11-5-6-13(15)12(8-11)14(16,17)18/h5-6,8-10,19H,2-4,7H2,1H3. The molecule has 0 radical (unpaired) electrons. The third-order valence-corrected chi connectivity index (χ3v) is 3.93. The second-order valence-corrected chi connectivity index (χ2v) is 5.68. The van der Waals surface area contributed by atoms with Crippen LogP contribution < -0.4 is 5.32 Å². The molecule has 1 aliphatic carbocycles. The predicted molar refractivity (Wildman–Crippen MR) is 71.5 cm³/mol. The average molecular weight is 292 g/mol. The van der Waals surface area contributed by atoms with Crippen LogP contribution in [0.2, 0.25) is 5.02 Å². The second kappa shape index (κ2) is 5.61. The molecule has 1 N–H and O–H groups in total. The molecule has 5 heteroatoms. The van der Waals surface area contributed by atoms with Crippen molar-refractivity contribution in [3.05, 3.63) is 28.8 Å². The molecule has 0 aliphatic heterocycles. The Bertz CT molecular complexity index is 441. The average Bonchev–Trinajstić information content (AvgIpc) is 2.25. The van der Waals surface area contributed by atoms with Gasteiger partial charge < -0.3 is 5.32 Å². The zero-order chi connectivity index (χ0) is 14.0. The van der Waals surface area contributed by atoms with Gasteiger partial charge in [0.05, 0.1) is 10.6 Å². The maximum absolute atomic E-state index is 12.7. The summed E-state index contributed by atoms with van der Waals surface area (Å²) < 4.78 is 38.2. The molecule has 1 atom stereocenters. The van der Waals surface area contributed by atoms with Crippen LogP contribution in [-0.4, -0.2) is 6.04 Å². The van der Waals surface area contributed by atoms with Crippen molar-refractivity contribution in [2.24, 2.45) is 5.92 Å². The van der Waals surface area contributed by atoms with Gasteiger partial charge in [-0.25, -0.2) is 0 Å². The summed E-state index contributed by atoms with van der Waals surface area (Å²) in [5.41, 5.74) is -0.307. The van der Waals surface area contributed by atoms with Crippen molar-refractivity contribution in [3.8, 4) is 0 Å². The van der Waals surface area contributed by atoms with Crippen LogP contribution in [0.25, 0.3) is 0 Å². The molecule has 1 fully saturated rings. The fraction of sp³-hybridized carbons (Fsp3) is 0.571. The minimum absolute atomic E-state index is 0.174.